The summed E-state index contributed by atoms with van der Waals surface area (Å²) < 4.78 is 5.64. The molecule has 130 valence electrons. The Labute approximate surface area is 152 Å². The molecule has 0 saturated heterocycles. The van der Waals surface area contributed by atoms with Gasteiger partial charge in [0.25, 0.3) is 0 Å². The molecule has 25 heavy (non-hydrogen) atoms. The van der Waals surface area contributed by atoms with Crippen molar-refractivity contribution in [2.75, 3.05) is 25.5 Å². The first kappa shape index (κ1) is 18.8. The highest BCUT2D eigenvalue weighted by molar-refractivity contribution is 6.30. The molecule has 0 bridgehead atoms. The Kier molecular flexibility index (Phi) is 6.81. The summed E-state index contributed by atoms with van der Waals surface area (Å²) in [6, 6.07) is 15.7. The van der Waals surface area contributed by atoms with E-state index in [9.17, 15) is 4.79 Å². The fourth-order valence-corrected chi connectivity index (χ4v) is 2.23. The number of nitrogens with zero attached hydrogens (tertiary/aromatic N) is 2. The molecule has 2 aromatic carbocycles. The second-order valence-corrected chi connectivity index (χ2v) is 6.07. The maximum Gasteiger partial charge on any atom is 0.241 e. The lowest BCUT2D eigenvalue weighted by atomic mass is 10.2. The SMILES string of the molecule is C[C@@H](C(=O)Nc1ccc(C#N)cc1)N(C)CCOc1ccc(Cl)cc1. The smallest absolute Gasteiger partial charge is 0.241 e. The number of nitriles is 1. The molecule has 0 heterocycles. The topological polar surface area (TPSA) is 65.4 Å². The van der Waals surface area contributed by atoms with E-state index in [4.69, 9.17) is 21.6 Å². The van der Waals surface area contributed by atoms with Gasteiger partial charge in [0, 0.05) is 17.3 Å². The largest absolute Gasteiger partial charge is 0.492 e. The number of hydrogen-bond donors (Lipinski definition) is 1. The number of anilines is 1. The average Bonchev–Trinajstić information content (AvgIpc) is 2.63. The molecular weight excluding hydrogens is 338 g/mol. The van der Waals surface area contributed by atoms with Gasteiger partial charge >= 0.3 is 0 Å². The van der Waals surface area contributed by atoms with Crippen molar-refractivity contribution < 1.29 is 9.53 Å². The zero-order valence-corrected chi connectivity index (χ0v) is 15.0. The molecule has 1 N–H and O–H groups in total. The number of halogens is 1. The average molecular weight is 358 g/mol. The molecule has 2 rings (SSSR count). The highest BCUT2D eigenvalue weighted by Gasteiger charge is 2.18. The van der Waals surface area contributed by atoms with Crippen LogP contribution in [0.1, 0.15) is 12.5 Å². The molecule has 6 heteroatoms. The van der Waals surface area contributed by atoms with Crippen LogP contribution in [0.3, 0.4) is 0 Å². The number of nitrogens with one attached hydrogen (secondary N) is 1. The molecular formula is C19H20ClN3O2. The molecule has 0 aliphatic carbocycles. The molecule has 0 aromatic heterocycles. The second kappa shape index (κ2) is 9.07. The maximum atomic E-state index is 12.3. The summed E-state index contributed by atoms with van der Waals surface area (Å²) in [7, 11) is 1.87. The van der Waals surface area contributed by atoms with Gasteiger partial charge in [-0.05, 0) is 62.5 Å². The second-order valence-electron chi connectivity index (χ2n) is 5.64. The fraction of sp³-hybridized carbons (Fsp3) is 0.263. The van der Waals surface area contributed by atoms with Crippen molar-refractivity contribution in [3.05, 3.63) is 59.1 Å². The van der Waals surface area contributed by atoms with E-state index in [2.05, 4.69) is 5.32 Å². The van der Waals surface area contributed by atoms with E-state index in [1.807, 2.05) is 37.1 Å². The Morgan fingerprint density at radius 3 is 2.48 bits per heavy atom. The molecule has 1 atom stereocenters. The maximum absolute atomic E-state index is 12.3. The molecule has 0 spiro atoms. The third kappa shape index (κ3) is 5.79. The van der Waals surface area contributed by atoms with E-state index in [1.54, 1.807) is 36.4 Å². The zero-order valence-electron chi connectivity index (χ0n) is 14.2. The summed E-state index contributed by atoms with van der Waals surface area (Å²) >= 11 is 5.83. The normalized spacial score (nSPS) is 11.6. The summed E-state index contributed by atoms with van der Waals surface area (Å²) in [5, 5.41) is 12.3. The van der Waals surface area contributed by atoms with Gasteiger partial charge in [0.2, 0.25) is 5.91 Å². The van der Waals surface area contributed by atoms with Crippen LogP contribution in [0.2, 0.25) is 5.02 Å². The standard InChI is InChI=1S/C19H20ClN3O2/c1-14(19(24)22-17-7-3-15(13-21)4-8-17)23(2)11-12-25-18-9-5-16(20)6-10-18/h3-10,14H,11-12H2,1-2H3,(H,22,24)/t14-/m0/s1. The summed E-state index contributed by atoms with van der Waals surface area (Å²) in [5.41, 5.74) is 1.23. The molecule has 0 fully saturated rings. The van der Waals surface area contributed by atoms with Gasteiger partial charge in [-0.1, -0.05) is 11.6 Å². The predicted octanol–water partition coefficient (Wildman–Crippen LogP) is 3.55. The number of benzene rings is 2. The van der Waals surface area contributed by atoms with E-state index in [-0.39, 0.29) is 11.9 Å². The quantitative estimate of drug-likeness (QED) is 0.823. The van der Waals surface area contributed by atoms with Gasteiger partial charge in [0.05, 0.1) is 17.7 Å². The van der Waals surface area contributed by atoms with E-state index >= 15 is 0 Å². The van der Waals surface area contributed by atoms with Gasteiger partial charge in [-0.15, -0.1) is 0 Å². The van der Waals surface area contributed by atoms with Crippen LogP contribution in [0.4, 0.5) is 5.69 Å². The number of likely N-dealkylation sites (N-methyl/N-ethyl adjacent to an activating group) is 1. The lowest BCUT2D eigenvalue weighted by molar-refractivity contribution is -0.120. The van der Waals surface area contributed by atoms with Crippen molar-refractivity contribution in [3.63, 3.8) is 0 Å². The number of ether oxygens (including phenoxy) is 1. The Balaban J connectivity index is 1.79. The fourth-order valence-electron chi connectivity index (χ4n) is 2.11. The van der Waals surface area contributed by atoms with Crippen molar-refractivity contribution in [3.8, 4) is 11.8 Å². The van der Waals surface area contributed by atoms with Crippen molar-refractivity contribution in [1.29, 1.82) is 5.26 Å². The van der Waals surface area contributed by atoms with Crippen LogP contribution in [0.5, 0.6) is 5.75 Å². The Hall–Kier alpha value is -2.55. The van der Waals surface area contributed by atoms with Crippen molar-refractivity contribution >= 4 is 23.2 Å². The Bertz CT molecular complexity index is 739. The highest BCUT2D eigenvalue weighted by atomic mass is 35.5. The van der Waals surface area contributed by atoms with Crippen LogP contribution < -0.4 is 10.1 Å². The molecule has 0 unspecified atom stereocenters. The van der Waals surface area contributed by atoms with E-state index in [1.165, 1.54) is 0 Å². The number of amides is 1. The van der Waals surface area contributed by atoms with Gasteiger partial charge < -0.3 is 10.1 Å². The Morgan fingerprint density at radius 1 is 1.24 bits per heavy atom. The van der Waals surface area contributed by atoms with Crippen LogP contribution in [0, 0.1) is 11.3 Å². The summed E-state index contributed by atoms with van der Waals surface area (Å²) in [6.07, 6.45) is 0. The molecule has 5 nitrogen and oxygen atoms in total. The van der Waals surface area contributed by atoms with Gasteiger partial charge in [-0.25, -0.2) is 0 Å². The van der Waals surface area contributed by atoms with Crippen molar-refractivity contribution in [2.45, 2.75) is 13.0 Å². The van der Waals surface area contributed by atoms with E-state index in [0.717, 1.165) is 5.75 Å². The third-order valence-corrected chi connectivity index (χ3v) is 4.10. The molecule has 2 aromatic rings. The van der Waals surface area contributed by atoms with Crippen LogP contribution in [0.25, 0.3) is 0 Å². The van der Waals surface area contributed by atoms with E-state index in [0.29, 0.717) is 29.4 Å². The first-order valence-corrected chi connectivity index (χ1v) is 8.27. The minimum atomic E-state index is -0.315. The van der Waals surface area contributed by atoms with Crippen LogP contribution in [-0.2, 0) is 4.79 Å². The number of rotatable bonds is 7. The highest BCUT2D eigenvalue weighted by Crippen LogP contribution is 2.15. The van der Waals surface area contributed by atoms with Crippen LogP contribution in [-0.4, -0.2) is 37.0 Å². The van der Waals surface area contributed by atoms with Gasteiger partial charge in [-0.2, -0.15) is 5.26 Å². The van der Waals surface area contributed by atoms with Crippen LogP contribution >= 0.6 is 11.6 Å². The predicted molar refractivity (Wildman–Crippen MR) is 98.8 cm³/mol. The summed E-state index contributed by atoms with van der Waals surface area (Å²) in [4.78, 5) is 14.2. The van der Waals surface area contributed by atoms with Crippen LogP contribution in [0.15, 0.2) is 48.5 Å². The zero-order chi connectivity index (χ0) is 18.2. The lowest BCUT2D eigenvalue weighted by Gasteiger charge is -2.23. The van der Waals surface area contributed by atoms with Gasteiger partial charge in [-0.3, -0.25) is 9.69 Å². The third-order valence-electron chi connectivity index (χ3n) is 3.85. The summed E-state index contributed by atoms with van der Waals surface area (Å²) in [6.45, 7) is 2.90. The number of hydrogen-bond acceptors (Lipinski definition) is 4. The van der Waals surface area contributed by atoms with E-state index < -0.39 is 0 Å². The van der Waals surface area contributed by atoms with Crippen molar-refractivity contribution in [2.24, 2.45) is 0 Å². The van der Waals surface area contributed by atoms with Crippen molar-refractivity contribution in [1.82, 2.24) is 4.90 Å². The van der Waals surface area contributed by atoms with Gasteiger partial charge in [0.15, 0.2) is 0 Å². The monoisotopic (exact) mass is 357 g/mol. The Morgan fingerprint density at radius 2 is 1.88 bits per heavy atom. The first-order valence-electron chi connectivity index (χ1n) is 7.89. The minimum Gasteiger partial charge on any atom is -0.492 e. The molecule has 0 aliphatic rings. The number of carbonyl (C=O) groups is 1. The van der Waals surface area contributed by atoms with Gasteiger partial charge in [0.1, 0.15) is 12.4 Å². The molecule has 0 radical (unpaired) electrons. The molecule has 0 aliphatic heterocycles. The first-order chi connectivity index (χ1) is 12.0. The molecule has 0 saturated carbocycles. The lowest BCUT2D eigenvalue weighted by Crippen LogP contribution is -2.41. The minimum absolute atomic E-state index is 0.112. The number of carbonyl (C=O) groups excluding carboxylic acids is 1. The summed E-state index contributed by atoms with van der Waals surface area (Å²) in [5.74, 6) is 0.631. The molecule has 1 amide bonds.